The number of benzene rings is 9. The highest BCUT2D eigenvalue weighted by atomic mass is 16.3. The molecule has 2 heteroatoms. The van der Waals surface area contributed by atoms with Crippen LogP contribution in [0.1, 0.15) is 22.3 Å². The van der Waals surface area contributed by atoms with E-state index in [1.54, 1.807) is 0 Å². The Morgan fingerprint density at radius 3 is 1.24 bits per heavy atom. The molecule has 0 spiro atoms. The highest BCUT2D eigenvalue weighted by molar-refractivity contribution is 6.11. The van der Waals surface area contributed by atoms with E-state index in [4.69, 9.17) is 15.4 Å². The van der Waals surface area contributed by atoms with Crippen LogP contribution in [0.25, 0.3) is 116 Å². The lowest BCUT2D eigenvalue weighted by molar-refractivity contribution is 0.668. The smallest absolute Gasteiger partial charge is 0.135 e. The fourth-order valence-corrected chi connectivity index (χ4v) is 9.87. The molecular weight excluding hydrogens is 717 g/mol. The third-order valence-corrected chi connectivity index (χ3v) is 12.8. The predicted molar refractivity (Wildman–Crippen MR) is 245 cm³/mol. The zero-order valence-electron chi connectivity index (χ0n) is 32.1. The van der Waals surface area contributed by atoms with Gasteiger partial charge in [0, 0.05) is 21.5 Å². The van der Waals surface area contributed by atoms with E-state index in [9.17, 15) is 0 Å². The molecule has 0 bridgehead atoms. The van der Waals surface area contributed by atoms with Crippen LogP contribution in [0.5, 0.6) is 0 Å². The van der Waals surface area contributed by atoms with Crippen molar-refractivity contribution in [2.24, 2.45) is 0 Å². The number of rotatable bonds is 4. The fourth-order valence-electron chi connectivity index (χ4n) is 9.87. The molecule has 0 radical (unpaired) electrons. The molecule has 0 amide bonds. The Balaban J connectivity index is 0.886. The largest absolute Gasteiger partial charge is 0.456 e. The fraction of sp³-hybridized carbons (Fsp3) is 0.0175. The summed E-state index contributed by atoms with van der Waals surface area (Å²) >= 11 is 0. The maximum absolute atomic E-state index is 6.32. The van der Waals surface area contributed by atoms with Crippen LogP contribution < -0.4 is 0 Å². The van der Waals surface area contributed by atoms with E-state index < -0.39 is 0 Å². The average Bonchev–Trinajstić information content (AvgIpc) is 4.04. The van der Waals surface area contributed by atoms with Crippen LogP contribution in [0, 0.1) is 0 Å². The second-order valence-electron chi connectivity index (χ2n) is 16.1. The van der Waals surface area contributed by atoms with E-state index in [1.807, 2.05) is 0 Å². The van der Waals surface area contributed by atoms with Gasteiger partial charge in [0.05, 0.1) is 0 Å². The molecule has 0 aliphatic heterocycles. The minimum atomic E-state index is 0.901. The van der Waals surface area contributed by atoms with Crippen molar-refractivity contribution in [3.63, 3.8) is 0 Å². The summed E-state index contributed by atoms with van der Waals surface area (Å²) in [6.45, 7) is 4.73. The van der Waals surface area contributed by atoms with Crippen LogP contribution >= 0.6 is 0 Å². The van der Waals surface area contributed by atoms with Crippen molar-refractivity contribution >= 4 is 49.5 Å². The lowest BCUT2D eigenvalue weighted by atomic mass is 9.92. The summed E-state index contributed by atoms with van der Waals surface area (Å²) in [5.41, 5.74) is 24.5. The highest BCUT2D eigenvalue weighted by Crippen LogP contribution is 2.53. The van der Waals surface area contributed by atoms with Crippen molar-refractivity contribution in [3.05, 3.63) is 211 Å². The molecule has 13 rings (SSSR count). The summed E-state index contributed by atoms with van der Waals surface area (Å²) in [6, 6.07) is 65.8. The summed E-state index contributed by atoms with van der Waals surface area (Å²) < 4.78 is 12.6. The van der Waals surface area contributed by atoms with Crippen LogP contribution in [0.4, 0.5) is 0 Å². The first-order valence-electron chi connectivity index (χ1n) is 20.3. The Hall–Kier alpha value is -7.68. The molecule has 0 atom stereocenters. The van der Waals surface area contributed by atoms with Crippen LogP contribution in [-0.4, -0.2) is 0 Å². The molecule has 11 aromatic rings. The van der Waals surface area contributed by atoms with Gasteiger partial charge in [-0.2, -0.15) is 0 Å². The van der Waals surface area contributed by atoms with Crippen LogP contribution in [0.2, 0.25) is 0 Å². The van der Waals surface area contributed by atoms with Crippen molar-refractivity contribution in [2.75, 3.05) is 0 Å². The zero-order chi connectivity index (χ0) is 38.8. The highest BCUT2D eigenvalue weighted by Gasteiger charge is 2.31. The summed E-state index contributed by atoms with van der Waals surface area (Å²) in [6.07, 6.45) is 0.922. The number of hydrogen-bond acceptors (Lipinski definition) is 2. The molecule has 274 valence electrons. The van der Waals surface area contributed by atoms with E-state index in [2.05, 4.69) is 182 Å². The molecule has 2 heterocycles. The van der Waals surface area contributed by atoms with E-state index in [1.165, 1.54) is 89.0 Å². The van der Waals surface area contributed by atoms with Gasteiger partial charge in [-0.3, -0.25) is 0 Å². The average molecular weight is 751 g/mol. The first kappa shape index (κ1) is 32.4. The monoisotopic (exact) mass is 750 g/mol. The lowest BCUT2D eigenvalue weighted by Crippen LogP contribution is -1.88. The SMILES string of the molecule is C=C1c2ccc(-c3ccc4oc5ccc(-c6ccccc6)cc5c4c3)cc2-c2ccc3c(c21)-c1cc(-c2ccc4oc5ccc(-c6ccccc6)cc5c4c2)ccc1C3. The van der Waals surface area contributed by atoms with Crippen LogP contribution in [0.15, 0.2) is 197 Å². The standard InChI is InChI=1S/C57H34O2/c1-33-44-20-14-39(41-19-25-55-51(32-41)49-30-37(17-23-53(49)59-55)35-10-6-3-7-11-35)28-47(44)45-21-15-43-26-42-13-12-38(27-46(42)57(43)56(33)45)40-18-24-54-50(31-40)48-29-36(16-22-52(48)58-54)34-8-4-2-5-9-34/h2-25,27-32H,1,26H2. The van der Waals surface area contributed by atoms with Crippen molar-refractivity contribution < 1.29 is 8.83 Å². The maximum Gasteiger partial charge on any atom is 0.135 e. The minimum Gasteiger partial charge on any atom is -0.456 e. The molecule has 0 fully saturated rings. The summed E-state index contributed by atoms with van der Waals surface area (Å²) in [5, 5.41) is 4.53. The van der Waals surface area contributed by atoms with Gasteiger partial charge in [-0.15, -0.1) is 0 Å². The Kier molecular flexibility index (Phi) is 6.68. The first-order chi connectivity index (χ1) is 29.1. The number of hydrogen-bond donors (Lipinski definition) is 0. The topological polar surface area (TPSA) is 26.3 Å². The van der Waals surface area contributed by atoms with Crippen molar-refractivity contribution in [2.45, 2.75) is 6.42 Å². The minimum absolute atomic E-state index is 0.901. The molecule has 0 unspecified atom stereocenters. The van der Waals surface area contributed by atoms with E-state index >= 15 is 0 Å². The van der Waals surface area contributed by atoms with Gasteiger partial charge in [0.1, 0.15) is 22.3 Å². The summed E-state index contributed by atoms with van der Waals surface area (Å²) in [4.78, 5) is 0. The van der Waals surface area contributed by atoms with Crippen molar-refractivity contribution in [3.8, 4) is 66.8 Å². The third-order valence-electron chi connectivity index (χ3n) is 12.8. The summed E-state index contributed by atoms with van der Waals surface area (Å²) in [5.74, 6) is 0. The molecule has 9 aromatic carbocycles. The van der Waals surface area contributed by atoms with Gasteiger partial charge in [0.2, 0.25) is 0 Å². The number of furan rings is 2. The Labute approximate surface area is 340 Å². The molecule has 2 aromatic heterocycles. The van der Waals surface area contributed by atoms with Crippen molar-refractivity contribution in [1.29, 1.82) is 0 Å². The molecule has 2 aliphatic carbocycles. The maximum atomic E-state index is 6.32. The van der Waals surface area contributed by atoms with E-state index in [0.29, 0.717) is 0 Å². The Morgan fingerprint density at radius 2 is 0.712 bits per heavy atom. The molecule has 0 N–H and O–H groups in total. The van der Waals surface area contributed by atoms with Crippen LogP contribution in [0.3, 0.4) is 0 Å². The first-order valence-corrected chi connectivity index (χ1v) is 20.3. The number of fused-ring (bicyclic) bond motifs is 13. The van der Waals surface area contributed by atoms with Crippen LogP contribution in [-0.2, 0) is 6.42 Å². The quantitative estimate of drug-likeness (QED) is 0.179. The van der Waals surface area contributed by atoms with Crippen molar-refractivity contribution in [1.82, 2.24) is 0 Å². The van der Waals surface area contributed by atoms with Gasteiger partial charge in [0.15, 0.2) is 0 Å². The van der Waals surface area contributed by atoms with Gasteiger partial charge < -0.3 is 8.83 Å². The molecule has 0 saturated carbocycles. The van der Waals surface area contributed by atoms with Gasteiger partial charge in [-0.25, -0.2) is 0 Å². The normalized spacial score (nSPS) is 12.7. The van der Waals surface area contributed by atoms with Gasteiger partial charge in [-0.05, 0) is 162 Å². The van der Waals surface area contributed by atoms with Gasteiger partial charge in [-0.1, -0.05) is 128 Å². The van der Waals surface area contributed by atoms with E-state index in [0.717, 1.165) is 55.9 Å². The molecule has 2 nitrogen and oxygen atoms in total. The zero-order valence-corrected chi connectivity index (χ0v) is 32.1. The van der Waals surface area contributed by atoms with Gasteiger partial charge in [0.25, 0.3) is 0 Å². The molecule has 2 aliphatic rings. The van der Waals surface area contributed by atoms with E-state index in [-0.39, 0.29) is 0 Å². The predicted octanol–water partition coefficient (Wildman–Crippen LogP) is 15.8. The third kappa shape index (κ3) is 4.87. The molecule has 0 saturated heterocycles. The van der Waals surface area contributed by atoms with Gasteiger partial charge >= 0.3 is 0 Å². The summed E-state index contributed by atoms with van der Waals surface area (Å²) in [7, 11) is 0. The second-order valence-corrected chi connectivity index (χ2v) is 16.1. The molecular formula is C57H34O2. The Morgan fingerprint density at radius 1 is 0.305 bits per heavy atom. The lowest BCUT2D eigenvalue weighted by Gasteiger charge is -2.11. The Bertz CT molecular complexity index is 3580. The second kappa shape index (κ2) is 12.2. The molecule has 59 heavy (non-hydrogen) atoms.